The molecule has 3 unspecified atom stereocenters. The van der Waals surface area contributed by atoms with Crippen molar-refractivity contribution in [2.45, 2.75) is 41.5 Å². The Balaban J connectivity index is -0.0000000375. The Morgan fingerprint density at radius 3 is 0.524 bits per heavy atom. The van der Waals surface area contributed by atoms with Crippen LogP contribution in [0.1, 0.15) is 41.5 Å². The van der Waals surface area contributed by atoms with E-state index >= 15 is 0 Å². The number of rotatable bonds is 6. The lowest BCUT2D eigenvalue weighted by Crippen LogP contribution is -3.00. The first kappa shape index (κ1) is 37.9. The zero-order valence-electron chi connectivity index (χ0n) is 14.8. The monoisotopic (exact) mass is 375 g/mol. The van der Waals surface area contributed by atoms with E-state index < -0.39 is 0 Å². The SMILES string of the molecule is CCN([PH3+])CC.CCN([PH3+])CC.CCN([PH3+])CC.[F-].[F-].[F-]. The molecule has 0 aromatic rings. The van der Waals surface area contributed by atoms with Crippen molar-refractivity contribution < 1.29 is 14.1 Å². The van der Waals surface area contributed by atoms with Gasteiger partial charge >= 0.3 is 0 Å². The third kappa shape index (κ3) is 44.9. The first-order valence-corrected chi connectivity index (χ1v) is 8.99. The molecule has 3 nitrogen and oxygen atoms in total. The van der Waals surface area contributed by atoms with Gasteiger partial charge in [0.25, 0.3) is 0 Å². The van der Waals surface area contributed by atoms with Crippen molar-refractivity contribution in [2.75, 3.05) is 39.3 Å². The van der Waals surface area contributed by atoms with Crippen molar-refractivity contribution >= 4 is 28.2 Å². The van der Waals surface area contributed by atoms with Gasteiger partial charge < -0.3 is 14.1 Å². The number of hydrogen-bond acceptors (Lipinski definition) is 3. The lowest BCUT2D eigenvalue weighted by Gasteiger charge is -2.00. The van der Waals surface area contributed by atoms with E-state index in [1.807, 2.05) is 28.2 Å². The Bertz CT molecular complexity index is 116. The van der Waals surface area contributed by atoms with Crippen LogP contribution in [0.15, 0.2) is 0 Å². The maximum atomic E-state index is 2.28. The molecule has 0 aromatic heterocycles. The van der Waals surface area contributed by atoms with E-state index in [1.54, 1.807) is 0 Å². The highest BCUT2D eigenvalue weighted by atomic mass is 31.0. The second-order valence-electron chi connectivity index (χ2n) is 3.91. The van der Waals surface area contributed by atoms with Crippen LogP contribution in [-0.4, -0.2) is 53.3 Å². The standard InChI is InChI=1S/3C4H12NP.3FH/c3*1-3-5(6)4-2;;;/h3*3-4,6H2,1-2H3;3*1H. The van der Waals surface area contributed by atoms with Crippen molar-refractivity contribution in [2.24, 2.45) is 0 Å². The van der Waals surface area contributed by atoms with Gasteiger partial charge in [0.1, 0.15) is 0 Å². The molecular formula is C12H39F3N3P3. The van der Waals surface area contributed by atoms with E-state index in [9.17, 15) is 0 Å². The van der Waals surface area contributed by atoms with Crippen molar-refractivity contribution in [3.8, 4) is 0 Å². The van der Waals surface area contributed by atoms with Gasteiger partial charge in [0.2, 0.25) is 0 Å². The Morgan fingerprint density at radius 2 is 0.524 bits per heavy atom. The van der Waals surface area contributed by atoms with E-state index in [4.69, 9.17) is 0 Å². The first-order valence-electron chi connectivity index (χ1n) is 7.09. The zero-order chi connectivity index (χ0) is 15.0. The molecule has 0 aliphatic heterocycles. The lowest BCUT2D eigenvalue weighted by atomic mass is 10.7. The van der Waals surface area contributed by atoms with Crippen LogP contribution in [-0.2, 0) is 0 Å². The summed E-state index contributed by atoms with van der Waals surface area (Å²) in [6.07, 6.45) is 0. The quantitative estimate of drug-likeness (QED) is 0.428. The molecule has 0 aliphatic carbocycles. The van der Waals surface area contributed by atoms with Crippen LogP contribution in [0.2, 0.25) is 0 Å². The van der Waals surface area contributed by atoms with Gasteiger partial charge in [0.15, 0.2) is 0 Å². The van der Waals surface area contributed by atoms with E-state index in [0.29, 0.717) is 0 Å². The van der Waals surface area contributed by atoms with Crippen molar-refractivity contribution in [1.82, 2.24) is 14.0 Å². The van der Waals surface area contributed by atoms with Crippen molar-refractivity contribution in [3.63, 3.8) is 0 Å². The van der Waals surface area contributed by atoms with Crippen LogP contribution in [0.25, 0.3) is 0 Å². The van der Waals surface area contributed by atoms with Gasteiger partial charge in [-0.2, -0.15) is 14.0 Å². The molecule has 0 amide bonds. The molecule has 138 valence electrons. The summed E-state index contributed by atoms with van der Waals surface area (Å²) in [6, 6.07) is 0. The predicted molar refractivity (Wildman–Crippen MR) is 102 cm³/mol. The second-order valence-corrected chi connectivity index (χ2v) is 6.59. The lowest BCUT2D eigenvalue weighted by molar-refractivity contribution is -0.001000. The molecule has 0 rings (SSSR count). The van der Waals surface area contributed by atoms with Crippen LogP contribution in [0.5, 0.6) is 0 Å². The third-order valence-electron chi connectivity index (χ3n) is 2.68. The van der Waals surface area contributed by atoms with Gasteiger partial charge in [-0.3, -0.25) is 0 Å². The molecule has 0 radical (unpaired) electrons. The maximum absolute atomic E-state index is 2.28. The molecule has 0 aliphatic rings. The van der Waals surface area contributed by atoms with Gasteiger partial charge in [0, 0.05) is 67.4 Å². The Morgan fingerprint density at radius 1 is 0.429 bits per heavy atom. The number of nitrogens with zero attached hydrogens (tertiary/aromatic N) is 3. The zero-order valence-corrected chi connectivity index (χ0v) is 19.1. The van der Waals surface area contributed by atoms with Crippen LogP contribution < -0.4 is 14.1 Å². The highest BCUT2D eigenvalue weighted by Crippen LogP contribution is 1.93. The smallest absolute Gasteiger partial charge is 0.0431 e. The van der Waals surface area contributed by atoms with Crippen molar-refractivity contribution in [3.05, 3.63) is 0 Å². The molecule has 0 bridgehead atoms. The molecule has 0 spiro atoms. The molecule has 0 saturated carbocycles. The molecule has 0 N–H and O–H groups in total. The van der Waals surface area contributed by atoms with Crippen molar-refractivity contribution in [1.29, 1.82) is 0 Å². The van der Waals surface area contributed by atoms with Gasteiger partial charge in [0.05, 0.1) is 0 Å². The van der Waals surface area contributed by atoms with Crippen LogP contribution >= 0.6 is 28.2 Å². The largest absolute Gasteiger partial charge is 1.00 e. The summed E-state index contributed by atoms with van der Waals surface area (Å²) in [7, 11) is 5.80. The number of halogens is 3. The molecule has 0 heterocycles. The Labute approximate surface area is 137 Å². The minimum atomic E-state index is 0. The predicted octanol–water partition coefficient (Wildman–Crippen LogP) is -6.44. The summed E-state index contributed by atoms with van der Waals surface area (Å²) in [5, 5.41) is 0. The molecule has 0 aromatic carbocycles. The van der Waals surface area contributed by atoms with Crippen LogP contribution in [0.3, 0.4) is 0 Å². The summed E-state index contributed by atoms with van der Waals surface area (Å²) in [5.41, 5.74) is 0. The average Bonchev–Trinajstić information content (AvgIpc) is 2.45. The highest BCUT2D eigenvalue weighted by Gasteiger charge is 1.89. The Hall–Kier alpha value is 0.960. The Kier molecular flexibility index (Phi) is 59.1. The van der Waals surface area contributed by atoms with E-state index in [0.717, 1.165) is 0 Å². The van der Waals surface area contributed by atoms with Gasteiger partial charge in [-0.1, -0.05) is 0 Å². The fraction of sp³-hybridized carbons (Fsp3) is 1.00. The van der Waals surface area contributed by atoms with Crippen LogP contribution in [0.4, 0.5) is 0 Å². The molecule has 0 fully saturated rings. The topological polar surface area (TPSA) is 9.72 Å². The van der Waals surface area contributed by atoms with E-state index in [-0.39, 0.29) is 14.1 Å². The average molecular weight is 375 g/mol. The minimum Gasteiger partial charge on any atom is -1.00 e. The molecule has 3 atom stereocenters. The molecular weight excluding hydrogens is 336 g/mol. The van der Waals surface area contributed by atoms with Gasteiger partial charge in [-0.15, -0.1) is 0 Å². The summed E-state index contributed by atoms with van der Waals surface area (Å²) in [4.78, 5) is 0. The summed E-state index contributed by atoms with van der Waals surface area (Å²) in [6.45, 7) is 20.0. The highest BCUT2D eigenvalue weighted by molar-refractivity contribution is 7.13. The van der Waals surface area contributed by atoms with Gasteiger partial charge in [-0.05, 0) is 41.5 Å². The fourth-order valence-corrected chi connectivity index (χ4v) is 0.671. The maximum Gasteiger partial charge on any atom is 0.0431 e. The van der Waals surface area contributed by atoms with E-state index in [1.165, 1.54) is 39.3 Å². The fourth-order valence-electron chi connectivity index (χ4n) is 0.671. The van der Waals surface area contributed by atoms with E-state index in [2.05, 4.69) is 55.6 Å². The molecule has 9 heteroatoms. The normalized spacial score (nSPS) is 9.00. The molecule has 0 saturated heterocycles. The second kappa shape index (κ2) is 32.8. The number of hydrogen-bond donors (Lipinski definition) is 0. The summed E-state index contributed by atoms with van der Waals surface area (Å²) < 4.78 is 6.83. The van der Waals surface area contributed by atoms with Crippen LogP contribution in [0, 0.1) is 0 Å². The third-order valence-corrected chi connectivity index (χ3v) is 5.37. The summed E-state index contributed by atoms with van der Waals surface area (Å²) >= 11 is 0. The summed E-state index contributed by atoms with van der Waals surface area (Å²) in [5.74, 6) is 0. The minimum absolute atomic E-state index is 0. The first-order chi connectivity index (χ1) is 8.42. The van der Waals surface area contributed by atoms with Gasteiger partial charge in [-0.25, -0.2) is 0 Å². The molecule has 21 heavy (non-hydrogen) atoms.